The summed E-state index contributed by atoms with van der Waals surface area (Å²) in [5.74, 6) is 7.61. The van der Waals surface area contributed by atoms with Gasteiger partial charge in [0.15, 0.2) is 0 Å². The second-order valence-corrected chi connectivity index (χ2v) is 6.81. The van der Waals surface area contributed by atoms with Crippen molar-refractivity contribution in [1.29, 1.82) is 0 Å². The molecule has 1 unspecified atom stereocenters. The van der Waals surface area contributed by atoms with Crippen LogP contribution in [0, 0.1) is 5.92 Å². The molecular weight excluding hydrogens is 180 g/mol. The lowest BCUT2D eigenvalue weighted by atomic mass is 10.2. The largest absolute Gasteiger partial charge is 0.271 e. The van der Waals surface area contributed by atoms with E-state index in [9.17, 15) is 0 Å². The van der Waals surface area contributed by atoms with E-state index in [2.05, 4.69) is 26.2 Å². The van der Waals surface area contributed by atoms with Gasteiger partial charge >= 0.3 is 0 Å². The zero-order valence-electron chi connectivity index (χ0n) is 8.97. The second kappa shape index (κ2) is 4.67. The molecule has 0 aromatic heterocycles. The van der Waals surface area contributed by atoms with Gasteiger partial charge in [-0.1, -0.05) is 33.6 Å². The topological polar surface area (TPSA) is 38.0 Å². The summed E-state index contributed by atoms with van der Waals surface area (Å²) < 4.78 is 0.360. The highest BCUT2D eigenvalue weighted by Gasteiger charge is 2.25. The van der Waals surface area contributed by atoms with Gasteiger partial charge in [-0.15, -0.1) is 0 Å². The molecule has 1 fully saturated rings. The molecule has 0 amide bonds. The molecular formula is C10H22N2S. The van der Waals surface area contributed by atoms with E-state index >= 15 is 0 Å². The van der Waals surface area contributed by atoms with Crippen LogP contribution in [0.4, 0.5) is 0 Å². The number of hydrogen-bond donors (Lipinski definition) is 2. The van der Waals surface area contributed by atoms with Crippen molar-refractivity contribution in [3.8, 4) is 0 Å². The van der Waals surface area contributed by atoms with Crippen LogP contribution >= 0.6 is 11.8 Å². The van der Waals surface area contributed by atoms with Crippen LogP contribution < -0.4 is 11.3 Å². The predicted molar refractivity (Wildman–Crippen MR) is 60.7 cm³/mol. The molecule has 0 saturated heterocycles. The van der Waals surface area contributed by atoms with Crippen molar-refractivity contribution in [2.75, 3.05) is 5.75 Å². The molecule has 1 rings (SSSR count). The van der Waals surface area contributed by atoms with Gasteiger partial charge in [-0.3, -0.25) is 11.3 Å². The number of hydrazine groups is 1. The maximum Gasteiger partial charge on any atom is 0.0303 e. The molecule has 0 aliphatic heterocycles. The average Bonchev–Trinajstić information content (AvgIpc) is 2.79. The fourth-order valence-corrected chi connectivity index (χ4v) is 2.22. The lowest BCUT2D eigenvalue weighted by molar-refractivity contribution is 0.507. The van der Waals surface area contributed by atoms with E-state index in [1.807, 2.05) is 11.8 Å². The molecule has 0 heterocycles. The van der Waals surface area contributed by atoms with Crippen LogP contribution in [-0.4, -0.2) is 16.5 Å². The first-order valence-corrected chi connectivity index (χ1v) is 6.10. The second-order valence-electron chi connectivity index (χ2n) is 4.97. The first-order chi connectivity index (χ1) is 6.01. The molecule has 13 heavy (non-hydrogen) atoms. The van der Waals surface area contributed by atoms with Gasteiger partial charge in [0.05, 0.1) is 0 Å². The highest BCUT2D eigenvalue weighted by molar-refractivity contribution is 8.00. The van der Waals surface area contributed by atoms with E-state index in [4.69, 9.17) is 5.84 Å². The Bertz CT molecular complexity index is 149. The van der Waals surface area contributed by atoms with Gasteiger partial charge < -0.3 is 0 Å². The third kappa shape index (κ3) is 5.55. The van der Waals surface area contributed by atoms with Crippen molar-refractivity contribution in [1.82, 2.24) is 5.43 Å². The van der Waals surface area contributed by atoms with E-state index in [0.29, 0.717) is 10.8 Å². The van der Waals surface area contributed by atoms with Crippen molar-refractivity contribution >= 4 is 11.8 Å². The van der Waals surface area contributed by atoms with Gasteiger partial charge in [0.25, 0.3) is 0 Å². The van der Waals surface area contributed by atoms with E-state index in [0.717, 1.165) is 11.7 Å². The van der Waals surface area contributed by atoms with Crippen LogP contribution in [0.15, 0.2) is 0 Å². The minimum Gasteiger partial charge on any atom is -0.271 e. The van der Waals surface area contributed by atoms with Gasteiger partial charge in [-0.25, -0.2) is 0 Å². The molecule has 1 saturated carbocycles. The van der Waals surface area contributed by atoms with E-state index in [1.54, 1.807) is 0 Å². The standard InChI is InChI=1S/C10H22N2S/c1-10(2,3)13-7-9(12-11)6-8-4-5-8/h8-9,12H,4-7,11H2,1-3H3. The number of thioether (sulfide) groups is 1. The first kappa shape index (κ1) is 11.3. The summed E-state index contributed by atoms with van der Waals surface area (Å²) >= 11 is 1.99. The summed E-state index contributed by atoms with van der Waals surface area (Å²) in [7, 11) is 0. The summed E-state index contributed by atoms with van der Waals surface area (Å²) in [6, 6.07) is 0.511. The lowest BCUT2D eigenvalue weighted by Gasteiger charge is -2.22. The van der Waals surface area contributed by atoms with Gasteiger partial charge in [0.1, 0.15) is 0 Å². The molecule has 1 aliphatic carbocycles. The van der Waals surface area contributed by atoms with Crippen molar-refractivity contribution < 1.29 is 0 Å². The molecule has 1 aliphatic rings. The summed E-state index contributed by atoms with van der Waals surface area (Å²) in [5.41, 5.74) is 2.93. The Hall–Kier alpha value is 0.270. The predicted octanol–water partition coefficient (Wildman–Crippen LogP) is 2.15. The highest BCUT2D eigenvalue weighted by Crippen LogP contribution is 2.34. The molecule has 3 heteroatoms. The van der Waals surface area contributed by atoms with E-state index in [1.165, 1.54) is 19.3 Å². The van der Waals surface area contributed by atoms with Crippen LogP contribution in [0.1, 0.15) is 40.0 Å². The average molecular weight is 202 g/mol. The Labute approximate surface area is 86.0 Å². The van der Waals surface area contributed by atoms with Crippen LogP contribution in [-0.2, 0) is 0 Å². The fourth-order valence-electron chi connectivity index (χ4n) is 1.29. The monoisotopic (exact) mass is 202 g/mol. The van der Waals surface area contributed by atoms with Crippen LogP contribution in [0.3, 0.4) is 0 Å². The Morgan fingerprint density at radius 3 is 2.46 bits per heavy atom. The quantitative estimate of drug-likeness (QED) is 0.530. The highest BCUT2D eigenvalue weighted by atomic mass is 32.2. The third-order valence-corrected chi connectivity index (χ3v) is 3.70. The Morgan fingerprint density at radius 2 is 2.08 bits per heavy atom. The maximum absolute atomic E-state index is 5.51. The number of hydrogen-bond acceptors (Lipinski definition) is 3. The molecule has 0 bridgehead atoms. The smallest absolute Gasteiger partial charge is 0.0303 e. The molecule has 3 N–H and O–H groups in total. The maximum atomic E-state index is 5.51. The normalized spacial score (nSPS) is 20.3. The Morgan fingerprint density at radius 1 is 1.46 bits per heavy atom. The minimum atomic E-state index is 0.360. The number of nitrogens with two attached hydrogens (primary N) is 1. The summed E-state index contributed by atoms with van der Waals surface area (Å²) in [6.45, 7) is 6.76. The Kier molecular flexibility index (Phi) is 4.07. The Balaban J connectivity index is 2.14. The van der Waals surface area contributed by atoms with Crippen molar-refractivity contribution in [2.24, 2.45) is 11.8 Å². The van der Waals surface area contributed by atoms with Crippen molar-refractivity contribution in [3.63, 3.8) is 0 Å². The van der Waals surface area contributed by atoms with E-state index in [-0.39, 0.29) is 0 Å². The van der Waals surface area contributed by atoms with Crippen molar-refractivity contribution in [3.05, 3.63) is 0 Å². The van der Waals surface area contributed by atoms with E-state index < -0.39 is 0 Å². The molecule has 0 spiro atoms. The lowest BCUT2D eigenvalue weighted by Crippen LogP contribution is -2.38. The molecule has 2 nitrogen and oxygen atoms in total. The summed E-state index contributed by atoms with van der Waals surface area (Å²) in [5, 5.41) is 0. The first-order valence-electron chi connectivity index (χ1n) is 5.11. The minimum absolute atomic E-state index is 0.360. The molecule has 78 valence electrons. The zero-order chi connectivity index (χ0) is 9.90. The number of rotatable bonds is 5. The zero-order valence-corrected chi connectivity index (χ0v) is 9.79. The summed E-state index contributed by atoms with van der Waals surface area (Å²) in [6.07, 6.45) is 4.09. The van der Waals surface area contributed by atoms with Gasteiger partial charge in [0.2, 0.25) is 0 Å². The van der Waals surface area contributed by atoms with Crippen LogP contribution in [0.2, 0.25) is 0 Å². The molecule has 0 radical (unpaired) electrons. The van der Waals surface area contributed by atoms with Gasteiger partial charge in [0, 0.05) is 16.5 Å². The van der Waals surface area contributed by atoms with Crippen molar-refractivity contribution in [2.45, 2.75) is 50.8 Å². The van der Waals surface area contributed by atoms with Crippen LogP contribution in [0.5, 0.6) is 0 Å². The van der Waals surface area contributed by atoms with Crippen LogP contribution in [0.25, 0.3) is 0 Å². The van der Waals surface area contributed by atoms with Gasteiger partial charge in [-0.05, 0) is 12.3 Å². The molecule has 1 atom stereocenters. The third-order valence-electron chi connectivity index (χ3n) is 2.27. The SMILES string of the molecule is CC(C)(C)SCC(CC1CC1)NN. The number of nitrogens with one attached hydrogen (secondary N) is 1. The molecule has 0 aromatic carbocycles. The summed E-state index contributed by atoms with van der Waals surface area (Å²) in [4.78, 5) is 0. The fraction of sp³-hybridized carbons (Fsp3) is 1.00. The molecule has 0 aromatic rings. The van der Waals surface area contributed by atoms with Gasteiger partial charge in [-0.2, -0.15) is 11.8 Å².